The number of carbonyl (C=O) groups excluding carboxylic acids is 1. The average Bonchev–Trinajstić information content (AvgIpc) is 2.66. The van der Waals surface area contributed by atoms with Gasteiger partial charge in [0.2, 0.25) is 0 Å². The predicted molar refractivity (Wildman–Crippen MR) is 98.1 cm³/mol. The summed E-state index contributed by atoms with van der Waals surface area (Å²) in [6.07, 6.45) is 1.60. The van der Waals surface area contributed by atoms with Crippen molar-refractivity contribution in [2.45, 2.75) is 32.3 Å². The molecule has 1 heterocycles. The molecule has 2 rings (SSSR count). The summed E-state index contributed by atoms with van der Waals surface area (Å²) in [5, 5.41) is 2.88. The minimum absolute atomic E-state index is 0.142. The molecule has 0 aliphatic carbocycles. The number of benzene rings is 1. The second-order valence-corrected chi connectivity index (χ2v) is 6.42. The summed E-state index contributed by atoms with van der Waals surface area (Å²) in [6.45, 7) is 9.09. The fraction of sp³-hybridized carbons (Fsp3) is 0.632. The Kier molecular flexibility index (Phi) is 7.68. The van der Waals surface area contributed by atoms with E-state index in [1.165, 1.54) is 0 Å². The van der Waals surface area contributed by atoms with E-state index in [4.69, 9.17) is 14.2 Å². The monoisotopic (exact) mass is 350 g/mol. The molecule has 0 spiro atoms. The lowest BCUT2D eigenvalue weighted by Crippen LogP contribution is -2.41. The van der Waals surface area contributed by atoms with Crippen LogP contribution in [0.5, 0.6) is 5.75 Å². The normalized spacial score (nSPS) is 17.7. The topological polar surface area (TPSA) is 60.0 Å². The summed E-state index contributed by atoms with van der Waals surface area (Å²) in [5.41, 5.74) is -0.0725. The zero-order chi connectivity index (χ0) is 18.1. The number of methoxy groups -OCH3 is 1. The van der Waals surface area contributed by atoms with Crippen molar-refractivity contribution in [1.29, 1.82) is 0 Å². The van der Waals surface area contributed by atoms with E-state index < -0.39 is 5.60 Å². The second-order valence-electron chi connectivity index (χ2n) is 6.42. The van der Waals surface area contributed by atoms with Gasteiger partial charge in [-0.1, -0.05) is 6.92 Å². The summed E-state index contributed by atoms with van der Waals surface area (Å²) in [6, 6.07) is 7.45. The highest BCUT2D eigenvalue weighted by Crippen LogP contribution is 2.20. The number of rotatable bonds is 9. The molecule has 1 saturated heterocycles. The number of ether oxygens (including phenoxy) is 3. The smallest absolute Gasteiger partial charge is 0.256 e. The van der Waals surface area contributed by atoms with Gasteiger partial charge in [-0.25, -0.2) is 0 Å². The SMILES string of the molecule is CC[C@](C)(OC)C(=O)Nc1ccc(OCCCN2CCOCC2)cc1. The van der Waals surface area contributed by atoms with Crippen LogP contribution in [0.4, 0.5) is 5.69 Å². The Hall–Kier alpha value is -1.63. The van der Waals surface area contributed by atoms with Crippen LogP contribution >= 0.6 is 0 Å². The summed E-state index contributed by atoms with van der Waals surface area (Å²) < 4.78 is 16.4. The number of amides is 1. The molecule has 0 bridgehead atoms. The summed E-state index contributed by atoms with van der Waals surface area (Å²) >= 11 is 0. The zero-order valence-electron chi connectivity index (χ0n) is 15.5. The Balaban J connectivity index is 1.73. The van der Waals surface area contributed by atoms with E-state index in [1.54, 1.807) is 14.0 Å². The van der Waals surface area contributed by atoms with Gasteiger partial charge in [-0.3, -0.25) is 9.69 Å². The van der Waals surface area contributed by atoms with Crippen molar-refractivity contribution < 1.29 is 19.0 Å². The number of nitrogens with one attached hydrogen (secondary N) is 1. The minimum atomic E-state index is -0.811. The lowest BCUT2D eigenvalue weighted by atomic mass is 10.0. The molecule has 0 unspecified atom stereocenters. The van der Waals surface area contributed by atoms with Crippen LogP contribution < -0.4 is 10.1 Å². The Bertz CT molecular complexity index is 523. The number of carbonyl (C=O) groups is 1. The van der Waals surface area contributed by atoms with Crippen molar-refractivity contribution in [2.75, 3.05) is 51.9 Å². The van der Waals surface area contributed by atoms with E-state index in [-0.39, 0.29) is 5.91 Å². The number of hydrogen-bond donors (Lipinski definition) is 1. The maximum atomic E-state index is 12.3. The van der Waals surface area contributed by atoms with E-state index in [0.29, 0.717) is 13.0 Å². The van der Waals surface area contributed by atoms with E-state index in [9.17, 15) is 4.79 Å². The van der Waals surface area contributed by atoms with Gasteiger partial charge >= 0.3 is 0 Å². The van der Waals surface area contributed by atoms with Crippen molar-refractivity contribution in [3.05, 3.63) is 24.3 Å². The largest absolute Gasteiger partial charge is 0.494 e. The van der Waals surface area contributed by atoms with Gasteiger partial charge in [-0.2, -0.15) is 0 Å². The molecular formula is C19H30N2O4. The molecule has 140 valence electrons. The van der Waals surface area contributed by atoms with Gasteiger partial charge in [0.25, 0.3) is 5.91 Å². The molecule has 1 N–H and O–H groups in total. The van der Waals surface area contributed by atoms with Gasteiger partial charge in [-0.05, 0) is 44.0 Å². The Morgan fingerprint density at radius 2 is 1.96 bits per heavy atom. The molecule has 25 heavy (non-hydrogen) atoms. The molecule has 1 aromatic rings. The van der Waals surface area contributed by atoms with Gasteiger partial charge in [0.05, 0.1) is 19.8 Å². The fourth-order valence-corrected chi connectivity index (χ4v) is 2.60. The third-order valence-corrected chi connectivity index (χ3v) is 4.71. The van der Waals surface area contributed by atoms with Crippen LogP contribution in [0.3, 0.4) is 0 Å². The van der Waals surface area contributed by atoms with E-state index in [2.05, 4.69) is 10.2 Å². The summed E-state index contributed by atoms with van der Waals surface area (Å²) in [4.78, 5) is 14.7. The van der Waals surface area contributed by atoms with E-state index in [1.807, 2.05) is 31.2 Å². The van der Waals surface area contributed by atoms with Crippen LogP contribution in [0, 0.1) is 0 Å². The molecule has 0 saturated carbocycles. The van der Waals surface area contributed by atoms with Crippen molar-refractivity contribution in [3.8, 4) is 5.75 Å². The Labute approximate surface area is 150 Å². The first-order chi connectivity index (χ1) is 12.1. The molecular weight excluding hydrogens is 320 g/mol. The third kappa shape index (κ3) is 5.99. The van der Waals surface area contributed by atoms with Crippen LogP contribution in [-0.2, 0) is 14.3 Å². The molecule has 0 radical (unpaired) electrons. The predicted octanol–water partition coefficient (Wildman–Crippen LogP) is 2.54. The summed E-state index contributed by atoms with van der Waals surface area (Å²) in [7, 11) is 1.55. The highest BCUT2D eigenvalue weighted by molar-refractivity contribution is 5.97. The maximum Gasteiger partial charge on any atom is 0.256 e. The zero-order valence-corrected chi connectivity index (χ0v) is 15.5. The molecule has 1 aliphatic heterocycles. The van der Waals surface area contributed by atoms with Crippen LogP contribution in [-0.4, -0.2) is 63.0 Å². The Morgan fingerprint density at radius 1 is 1.28 bits per heavy atom. The van der Waals surface area contributed by atoms with E-state index >= 15 is 0 Å². The molecule has 1 fully saturated rings. The number of morpholine rings is 1. The van der Waals surface area contributed by atoms with Gasteiger partial charge < -0.3 is 19.5 Å². The molecule has 1 atom stereocenters. The van der Waals surface area contributed by atoms with E-state index in [0.717, 1.165) is 50.7 Å². The lowest BCUT2D eigenvalue weighted by Gasteiger charge is -2.26. The van der Waals surface area contributed by atoms with Crippen molar-refractivity contribution in [2.24, 2.45) is 0 Å². The first-order valence-electron chi connectivity index (χ1n) is 8.97. The van der Waals surface area contributed by atoms with Gasteiger partial charge in [-0.15, -0.1) is 0 Å². The second kappa shape index (κ2) is 9.75. The van der Waals surface area contributed by atoms with Crippen LogP contribution in [0.15, 0.2) is 24.3 Å². The van der Waals surface area contributed by atoms with Crippen LogP contribution in [0.2, 0.25) is 0 Å². The molecule has 1 aliphatic rings. The number of nitrogens with zero attached hydrogens (tertiary/aromatic N) is 1. The molecule has 1 aromatic carbocycles. The molecule has 6 heteroatoms. The van der Waals surface area contributed by atoms with Crippen LogP contribution in [0.25, 0.3) is 0 Å². The Morgan fingerprint density at radius 3 is 2.56 bits per heavy atom. The quantitative estimate of drug-likeness (QED) is 0.694. The molecule has 0 aromatic heterocycles. The standard InChI is InChI=1S/C19H30N2O4/c1-4-19(2,23-3)18(22)20-16-6-8-17(9-7-16)25-13-5-10-21-11-14-24-15-12-21/h6-9H,4-5,10-15H2,1-3H3,(H,20,22)/t19-/m0/s1. The fourth-order valence-electron chi connectivity index (χ4n) is 2.60. The highest BCUT2D eigenvalue weighted by atomic mass is 16.5. The van der Waals surface area contributed by atoms with Crippen LogP contribution in [0.1, 0.15) is 26.7 Å². The average molecular weight is 350 g/mol. The number of hydrogen-bond acceptors (Lipinski definition) is 5. The minimum Gasteiger partial charge on any atom is -0.494 e. The molecule has 6 nitrogen and oxygen atoms in total. The van der Waals surface area contributed by atoms with Gasteiger partial charge in [0.15, 0.2) is 0 Å². The van der Waals surface area contributed by atoms with Gasteiger partial charge in [0, 0.05) is 32.4 Å². The summed E-state index contributed by atoms with van der Waals surface area (Å²) in [5.74, 6) is 0.668. The van der Waals surface area contributed by atoms with Gasteiger partial charge in [0.1, 0.15) is 11.4 Å². The lowest BCUT2D eigenvalue weighted by molar-refractivity contribution is -0.136. The first kappa shape index (κ1) is 19.7. The molecule has 1 amide bonds. The highest BCUT2D eigenvalue weighted by Gasteiger charge is 2.30. The van der Waals surface area contributed by atoms with Crippen molar-refractivity contribution in [3.63, 3.8) is 0 Å². The first-order valence-corrected chi connectivity index (χ1v) is 8.97. The van der Waals surface area contributed by atoms with Crippen molar-refractivity contribution in [1.82, 2.24) is 4.90 Å². The third-order valence-electron chi connectivity index (χ3n) is 4.71. The number of anilines is 1. The maximum absolute atomic E-state index is 12.3. The van der Waals surface area contributed by atoms with Crippen molar-refractivity contribution >= 4 is 11.6 Å².